The first-order valence-electron chi connectivity index (χ1n) is 8.17. The van der Waals surface area contributed by atoms with Gasteiger partial charge in [0.05, 0.1) is 5.52 Å². The number of hydrogen-bond acceptors (Lipinski definition) is 4. The molecule has 132 valence electrons. The van der Waals surface area contributed by atoms with E-state index >= 15 is 0 Å². The van der Waals surface area contributed by atoms with Crippen LogP contribution >= 0.6 is 0 Å². The quantitative estimate of drug-likeness (QED) is 0.505. The Bertz CT molecular complexity index is 1190. The largest absolute Gasteiger partial charge is 0.508 e. The fraction of sp³-hybridized carbons (Fsp3) is 0.105. The van der Waals surface area contributed by atoms with Gasteiger partial charge in [-0.05, 0) is 42.3 Å². The lowest BCUT2D eigenvalue weighted by Crippen LogP contribution is -2.26. The lowest BCUT2D eigenvalue weighted by molar-refractivity contribution is 0.476. The summed E-state index contributed by atoms with van der Waals surface area (Å²) < 4.78 is 28.0. The molecule has 0 radical (unpaired) electrons. The monoisotopic (exact) mass is 367 g/mol. The predicted molar refractivity (Wildman–Crippen MR) is 101 cm³/mol. The Morgan fingerprint density at radius 2 is 1.96 bits per heavy atom. The van der Waals surface area contributed by atoms with Crippen molar-refractivity contribution in [3.63, 3.8) is 0 Å². The number of aromatic hydroxyl groups is 1. The van der Waals surface area contributed by atoms with Crippen LogP contribution in [-0.2, 0) is 16.4 Å². The summed E-state index contributed by atoms with van der Waals surface area (Å²) in [6, 6.07) is 13.8. The first-order valence-corrected chi connectivity index (χ1v) is 9.65. The van der Waals surface area contributed by atoms with Crippen LogP contribution in [0, 0.1) is 0 Å². The number of rotatable bonds is 5. The first kappa shape index (κ1) is 16.6. The van der Waals surface area contributed by atoms with Crippen LogP contribution in [-0.4, -0.2) is 30.0 Å². The van der Waals surface area contributed by atoms with Crippen LogP contribution < -0.4 is 4.72 Å². The third-order valence-corrected chi connectivity index (χ3v) is 5.82. The number of H-pyrrole nitrogens is 1. The molecule has 0 bridgehead atoms. The van der Waals surface area contributed by atoms with E-state index in [9.17, 15) is 13.5 Å². The molecule has 0 unspecified atom stereocenters. The van der Waals surface area contributed by atoms with Crippen LogP contribution in [0.2, 0.25) is 0 Å². The average molecular weight is 367 g/mol. The first-order chi connectivity index (χ1) is 12.5. The second kappa shape index (κ2) is 6.44. The van der Waals surface area contributed by atoms with Gasteiger partial charge < -0.3 is 10.1 Å². The minimum Gasteiger partial charge on any atom is -0.508 e. The molecule has 3 N–H and O–H groups in total. The molecule has 4 rings (SSSR count). The number of phenols is 1. The predicted octanol–water partition coefficient (Wildman–Crippen LogP) is 2.94. The Kier molecular flexibility index (Phi) is 4.10. The average Bonchev–Trinajstić information content (AvgIpc) is 3.03. The van der Waals surface area contributed by atoms with Gasteiger partial charge in [-0.25, -0.2) is 13.1 Å². The maximum absolute atomic E-state index is 12.7. The zero-order chi connectivity index (χ0) is 18.1. The number of sulfonamides is 1. The molecule has 26 heavy (non-hydrogen) atoms. The number of aromatic amines is 1. The summed E-state index contributed by atoms with van der Waals surface area (Å²) in [7, 11) is -3.67. The third-order valence-electron chi connectivity index (χ3n) is 4.32. The lowest BCUT2D eigenvalue weighted by Gasteiger charge is -2.09. The molecule has 6 nitrogen and oxygen atoms in total. The second-order valence-electron chi connectivity index (χ2n) is 6.02. The number of benzene rings is 2. The number of aromatic nitrogens is 2. The number of nitrogens with one attached hydrogen (secondary N) is 2. The van der Waals surface area contributed by atoms with Crippen molar-refractivity contribution in [1.29, 1.82) is 0 Å². The van der Waals surface area contributed by atoms with E-state index in [1.54, 1.807) is 42.6 Å². The normalized spacial score (nSPS) is 12.0. The highest BCUT2D eigenvalue weighted by molar-refractivity contribution is 7.89. The Labute approximate surface area is 150 Å². The molecule has 7 heteroatoms. The maximum atomic E-state index is 12.7. The second-order valence-corrected chi connectivity index (χ2v) is 7.76. The summed E-state index contributed by atoms with van der Waals surface area (Å²) in [6.07, 6.45) is 3.92. The SMILES string of the molecule is O=S(=O)(NCCc1c[nH]c2ccc(O)cc12)c1cccc2cccnc12. The van der Waals surface area contributed by atoms with Crippen molar-refractivity contribution < 1.29 is 13.5 Å². The van der Waals surface area contributed by atoms with Gasteiger partial charge >= 0.3 is 0 Å². The van der Waals surface area contributed by atoms with Gasteiger partial charge in [0.15, 0.2) is 0 Å². The molecule has 0 atom stereocenters. The van der Waals surface area contributed by atoms with Crippen molar-refractivity contribution in [1.82, 2.24) is 14.7 Å². The molecular weight excluding hydrogens is 350 g/mol. The fourth-order valence-electron chi connectivity index (χ4n) is 3.06. The van der Waals surface area contributed by atoms with Crippen molar-refractivity contribution in [2.24, 2.45) is 0 Å². The summed E-state index contributed by atoms with van der Waals surface area (Å²) in [4.78, 5) is 7.50. The van der Waals surface area contributed by atoms with Crippen molar-refractivity contribution in [3.05, 3.63) is 66.5 Å². The smallest absolute Gasteiger partial charge is 0.242 e. The van der Waals surface area contributed by atoms with Crippen LogP contribution in [0.1, 0.15) is 5.56 Å². The van der Waals surface area contributed by atoms with E-state index in [2.05, 4.69) is 14.7 Å². The van der Waals surface area contributed by atoms with Crippen molar-refractivity contribution in [2.45, 2.75) is 11.3 Å². The molecule has 2 aromatic carbocycles. The number of para-hydroxylation sites is 1. The number of nitrogens with zero attached hydrogens (tertiary/aromatic N) is 1. The molecule has 0 fully saturated rings. The van der Waals surface area contributed by atoms with Crippen molar-refractivity contribution in [3.8, 4) is 5.75 Å². The van der Waals surface area contributed by atoms with E-state index < -0.39 is 10.0 Å². The van der Waals surface area contributed by atoms with Gasteiger partial charge in [0, 0.05) is 35.2 Å². The van der Waals surface area contributed by atoms with Gasteiger partial charge in [0.25, 0.3) is 0 Å². The van der Waals surface area contributed by atoms with Crippen LogP contribution in [0.15, 0.2) is 65.8 Å². The standard InChI is InChI=1S/C19H17N3O3S/c23-15-6-7-17-16(11-15)14(12-21-17)8-10-22-26(24,25)18-5-1-3-13-4-2-9-20-19(13)18/h1-7,9,11-12,21-23H,8,10H2. The molecule has 4 aromatic rings. The molecule has 0 saturated heterocycles. The highest BCUT2D eigenvalue weighted by atomic mass is 32.2. The third kappa shape index (κ3) is 3.02. The lowest BCUT2D eigenvalue weighted by atomic mass is 10.1. The van der Waals surface area contributed by atoms with Crippen LogP contribution in [0.25, 0.3) is 21.8 Å². The number of phenolic OH excluding ortho intramolecular Hbond substituents is 1. The van der Waals surface area contributed by atoms with Gasteiger partial charge in [0.1, 0.15) is 10.6 Å². The van der Waals surface area contributed by atoms with Gasteiger partial charge in [-0.3, -0.25) is 4.98 Å². The minimum absolute atomic E-state index is 0.173. The molecule has 0 aliphatic rings. The number of hydrogen-bond donors (Lipinski definition) is 3. The summed E-state index contributed by atoms with van der Waals surface area (Å²) in [5.41, 5.74) is 2.30. The number of pyridine rings is 1. The van der Waals surface area contributed by atoms with E-state index in [1.165, 1.54) is 0 Å². The molecule has 2 aromatic heterocycles. The minimum atomic E-state index is -3.67. The van der Waals surface area contributed by atoms with Gasteiger partial charge in [0.2, 0.25) is 10.0 Å². The fourth-order valence-corrected chi connectivity index (χ4v) is 4.27. The van der Waals surface area contributed by atoms with E-state index in [-0.39, 0.29) is 17.2 Å². The van der Waals surface area contributed by atoms with Crippen molar-refractivity contribution >= 4 is 31.8 Å². The summed E-state index contributed by atoms with van der Waals surface area (Å²) >= 11 is 0. The number of fused-ring (bicyclic) bond motifs is 2. The molecule has 0 aliphatic carbocycles. The van der Waals surface area contributed by atoms with Crippen LogP contribution in [0.4, 0.5) is 0 Å². The van der Waals surface area contributed by atoms with Crippen LogP contribution in [0.3, 0.4) is 0 Å². The molecule has 2 heterocycles. The highest BCUT2D eigenvalue weighted by Crippen LogP contribution is 2.24. The molecular formula is C19H17N3O3S. The zero-order valence-electron chi connectivity index (χ0n) is 13.8. The highest BCUT2D eigenvalue weighted by Gasteiger charge is 2.17. The van der Waals surface area contributed by atoms with Gasteiger partial charge in [-0.15, -0.1) is 0 Å². The molecule has 0 amide bonds. The van der Waals surface area contributed by atoms with E-state index in [0.29, 0.717) is 11.9 Å². The van der Waals surface area contributed by atoms with Crippen LogP contribution in [0.5, 0.6) is 5.75 Å². The van der Waals surface area contributed by atoms with Crippen molar-refractivity contribution in [2.75, 3.05) is 6.54 Å². The van der Waals surface area contributed by atoms with Gasteiger partial charge in [-0.2, -0.15) is 0 Å². The molecule has 0 aliphatic heterocycles. The molecule has 0 spiro atoms. The topological polar surface area (TPSA) is 95.1 Å². The summed E-state index contributed by atoms with van der Waals surface area (Å²) in [6.45, 7) is 0.244. The van der Waals surface area contributed by atoms with E-state index in [0.717, 1.165) is 21.9 Å². The Balaban J connectivity index is 1.56. The van der Waals surface area contributed by atoms with Gasteiger partial charge in [-0.1, -0.05) is 18.2 Å². The van der Waals surface area contributed by atoms with E-state index in [1.807, 2.05) is 18.3 Å². The Hall–Kier alpha value is -2.90. The van der Waals surface area contributed by atoms with E-state index in [4.69, 9.17) is 0 Å². The Morgan fingerprint density at radius 1 is 1.12 bits per heavy atom. The zero-order valence-corrected chi connectivity index (χ0v) is 14.6. The maximum Gasteiger partial charge on any atom is 0.242 e. The Morgan fingerprint density at radius 3 is 2.85 bits per heavy atom. The molecule has 0 saturated carbocycles. The summed E-state index contributed by atoms with van der Waals surface area (Å²) in [5.74, 6) is 0.181. The summed E-state index contributed by atoms with van der Waals surface area (Å²) in [5, 5.41) is 11.3.